The molecule has 11 heavy (non-hydrogen) atoms. The van der Waals surface area contributed by atoms with Crippen molar-refractivity contribution in [2.45, 2.75) is 3.74 Å². The summed E-state index contributed by atoms with van der Waals surface area (Å²) in [5.41, 5.74) is 1.19. The first kappa shape index (κ1) is 10.2. The van der Waals surface area contributed by atoms with Crippen LogP contribution >= 0.6 is 63.7 Å². The maximum atomic E-state index is 3.43. The summed E-state index contributed by atoms with van der Waals surface area (Å²) in [6.07, 6.45) is 0. The van der Waals surface area contributed by atoms with E-state index in [1.165, 1.54) is 5.56 Å². The van der Waals surface area contributed by atoms with Crippen LogP contribution in [-0.4, -0.2) is 0 Å². The van der Waals surface area contributed by atoms with Gasteiger partial charge in [-0.3, -0.25) is 0 Å². The van der Waals surface area contributed by atoms with Gasteiger partial charge in [0.25, 0.3) is 0 Å². The number of hydrogen-bond acceptors (Lipinski definition) is 0. The predicted octanol–water partition coefficient (Wildman–Crippen LogP) is 5.00. The first-order valence-corrected chi connectivity index (χ1v) is 6.25. The fraction of sp³-hybridized carbons (Fsp3) is 0.143. The Kier molecular flexibility index (Phi) is 4.09. The van der Waals surface area contributed by atoms with Crippen LogP contribution in [0, 0.1) is 0 Å². The van der Waals surface area contributed by atoms with Crippen LogP contribution in [0.1, 0.15) is 9.30 Å². The minimum absolute atomic E-state index is 0.212. The van der Waals surface area contributed by atoms with E-state index in [9.17, 15) is 0 Å². The molecule has 0 atom stereocenters. The van der Waals surface area contributed by atoms with Crippen molar-refractivity contribution in [3.05, 3.63) is 32.7 Å². The molecule has 0 aliphatic heterocycles. The van der Waals surface area contributed by atoms with E-state index in [1.807, 2.05) is 6.07 Å². The molecule has 0 nitrogen and oxygen atoms in total. The van der Waals surface area contributed by atoms with Gasteiger partial charge in [-0.25, -0.2) is 0 Å². The second-order valence-corrected chi connectivity index (χ2v) is 6.89. The van der Waals surface area contributed by atoms with Gasteiger partial charge in [0.05, 0.1) is 3.74 Å². The number of halogens is 4. The summed E-state index contributed by atoms with van der Waals surface area (Å²) in [6.45, 7) is 0. The molecule has 0 saturated heterocycles. The number of alkyl halides is 2. The first-order chi connectivity index (χ1) is 5.09. The van der Waals surface area contributed by atoms with Gasteiger partial charge < -0.3 is 0 Å². The van der Waals surface area contributed by atoms with E-state index in [4.69, 9.17) is 0 Å². The van der Waals surface area contributed by atoms with Crippen molar-refractivity contribution in [3.8, 4) is 0 Å². The van der Waals surface area contributed by atoms with Crippen LogP contribution in [-0.2, 0) is 0 Å². The predicted molar refractivity (Wildman–Crippen MR) is 62.4 cm³/mol. The minimum Gasteiger partial charge on any atom is -0.0712 e. The SMILES string of the molecule is Brc1cc(Br)cc(C(Br)Br)c1. The van der Waals surface area contributed by atoms with Crippen LogP contribution in [0.25, 0.3) is 0 Å². The summed E-state index contributed by atoms with van der Waals surface area (Å²) in [5.74, 6) is 0. The summed E-state index contributed by atoms with van der Waals surface area (Å²) in [6, 6.07) is 6.11. The molecule has 4 heteroatoms. The molecule has 60 valence electrons. The summed E-state index contributed by atoms with van der Waals surface area (Å²) in [7, 11) is 0. The minimum atomic E-state index is 0.212. The van der Waals surface area contributed by atoms with Gasteiger partial charge >= 0.3 is 0 Å². The molecule has 0 aliphatic rings. The third-order valence-corrected chi connectivity index (χ3v) is 3.11. The van der Waals surface area contributed by atoms with Gasteiger partial charge in [0, 0.05) is 8.95 Å². The number of rotatable bonds is 1. The van der Waals surface area contributed by atoms with Gasteiger partial charge in [0.15, 0.2) is 0 Å². The molecule has 0 fully saturated rings. The Morgan fingerprint density at radius 3 is 1.73 bits per heavy atom. The van der Waals surface area contributed by atoms with Crippen molar-refractivity contribution >= 4 is 63.7 Å². The molecule has 0 N–H and O–H groups in total. The van der Waals surface area contributed by atoms with Gasteiger partial charge in [-0.2, -0.15) is 0 Å². The van der Waals surface area contributed by atoms with Crippen LogP contribution in [0.5, 0.6) is 0 Å². The van der Waals surface area contributed by atoms with Gasteiger partial charge in [-0.05, 0) is 23.8 Å². The normalized spacial score (nSPS) is 10.6. The average molecular weight is 408 g/mol. The van der Waals surface area contributed by atoms with E-state index < -0.39 is 0 Å². The van der Waals surface area contributed by atoms with Crippen LogP contribution in [0.4, 0.5) is 0 Å². The van der Waals surface area contributed by atoms with Crippen LogP contribution in [0.3, 0.4) is 0 Å². The lowest BCUT2D eigenvalue weighted by Crippen LogP contribution is -1.80. The topological polar surface area (TPSA) is 0 Å². The summed E-state index contributed by atoms with van der Waals surface area (Å²) < 4.78 is 2.36. The molecular weight excluding hydrogens is 404 g/mol. The Bertz CT molecular complexity index is 236. The zero-order chi connectivity index (χ0) is 8.43. The molecular formula is C7H4Br4. The zero-order valence-corrected chi connectivity index (χ0v) is 11.7. The van der Waals surface area contributed by atoms with Crippen molar-refractivity contribution in [2.75, 3.05) is 0 Å². The lowest BCUT2D eigenvalue weighted by molar-refractivity contribution is 1.39. The lowest BCUT2D eigenvalue weighted by atomic mass is 10.2. The Morgan fingerprint density at radius 1 is 0.909 bits per heavy atom. The molecule has 0 bridgehead atoms. The van der Waals surface area contributed by atoms with Crippen molar-refractivity contribution in [1.29, 1.82) is 0 Å². The fourth-order valence-corrected chi connectivity index (χ4v) is 2.56. The van der Waals surface area contributed by atoms with Crippen molar-refractivity contribution in [1.82, 2.24) is 0 Å². The highest BCUT2D eigenvalue weighted by atomic mass is 79.9. The van der Waals surface area contributed by atoms with E-state index in [0.717, 1.165) is 8.95 Å². The molecule has 0 amide bonds. The van der Waals surface area contributed by atoms with Crippen LogP contribution in [0.15, 0.2) is 27.1 Å². The maximum Gasteiger partial charge on any atom is 0.0947 e. The molecule has 0 radical (unpaired) electrons. The third kappa shape index (κ3) is 3.17. The second-order valence-electron chi connectivity index (χ2n) is 2.00. The third-order valence-electron chi connectivity index (χ3n) is 1.14. The first-order valence-electron chi connectivity index (χ1n) is 2.84. The Hall–Kier alpha value is 1.14. The second kappa shape index (κ2) is 4.40. The largest absolute Gasteiger partial charge is 0.0947 e. The van der Waals surface area contributed by atoms with Gasteiger partial charge in [-0.15, -0.1) is 0 Å². The highest BCUT2D eigenvalue weighted by molar-refractivity contribution is 9.24. The fourth-order valence-electron chi connectivity index (χ4n) is 0.701. The van der Waals surface area contributed by atoms with E-state index in [1.54, 1.807) is 0 Å². The maximum absolute atomic E-state index is 3.43. The summed E-state index contributed by atoms with van der Waals surface area (Å²) in [5, 5.41) is 0. The van der Waals surface area contributed by atoms with Crippen molar-refractivity contribution in [2.24, 2.45) is 0 Å². The zero-order valence-electron chi connectivity index (χ0n) is 5.32. The van der Waals surface area contributed by atoms with E-state index in [-0.39, 0.29) is 3.74 Å². The molecule has 0 spiro atoms. The highest BCUT2D eigenvalue weighted by Gasteiger charge is 2.03. The molecule has 0 unspecified atom stereocenters. The lowest BCUT2D eigenvalue weighted by Gasteiger charge is -2.03. The van der Waals surface area contributed by atoms with E-state index in [0.29, 0.717) is 0 Å². The monoisotopic (exact) mass is 404 g/mol. The van der Waals surface area contributed by atoms with Gasteiger partial charge in [0.1, 0.15) is 0 Å². The van der Waals surface area contributed by atoms with Gasteiger partial charge in [-0.1, -0.05) is 63.7 Å². The molecule has 1 aromatic carbocycles. The molecule has 1 aromatic rings. The van der Waals surface area contributed by atoms with Crippen LogP contribution in [0.2, 0.25) is 0 Å². The number of hydrogen-bond donors (Lipinski definition) is 0. The number of benzene rings is 1. The van der Waals surface area contributed by atoms with E-state index >= 15 is 0 Å². The summed E-state index contributed by atoms with van der Waals surface area (Å²) >= 11 is 13.7. The highest BCUT2D eigenvalue weighted by Crippen LogP contribution is 2.32. The van der Waals surface area contributed by atoms with E-state index in [2.05, 4.69) is 75.9 Å². The quantitative estimate of drug-likeness (QED) is 0.575. The summed E-state index contributed by atoms with van der Waals surface area (Å²) in [4.78, 5) is 0. The molecule has 0 aromatic heterocycles. The molecule has 0 aliphatic carbocycles. The molecule has 0 heterocycles. The Morgan fingerprint density at radius 2 is 1.36 bits per heavy atom. The van der Waals surface area contributed by atoms with Gasteiger partial charge in [0.2, 0.25) is 0 Å². The smallest absolute Gasteiger partial charge is 0.0712 e. The molecule has 1 rings (SSSR count). The van der Waals surface area contributed by atoms with Crippen LogP contribution < -0.4 is 0 Å². The Labute approximate surface area is 99.3 Å². The Balaban J connectivity index is 3.08. The average Bonchev–Trinajstić information content (AvgIpc) is 1.85. The van der Waals surface area contributed by atoms with Crippen molar-refractivity contribution < 1.29 is 0 Å². The van der Waals surface area contributed by atoms with Crippen molar-refractivity contribution in [3.63, 3.8) is 0 Å². The standard InChI is InChI=1S/C7H4Br4/c8-5-1-4(7(10)11)2-6(9)3-5/h1-3,7H. The molecule has 0 saturated carbocycles.